The molecule has 0 saturated carbocycles. The van der Waals surface area contributed by atoms with Gasteiger partial charge in [-0.3, -0.25) is 9.71 Å². The van der Waals surface area contributed by atoms with Gasteiger partial charge in [0, 0.05) is 11.8 Å². The van der Waals surface area contributed by atoms with E-state index < -0.39 is 22.1 Å². The number of pyridine rings is 1. The SMILES string of the molecule is Cc1ccc(-c2ccc(C#N)cn2)cc1NS(=O)(=O)c1ccc(OC(F)(F)F)cc1. The number of hydrogen-bond donors (Lipinski definition) is 1. The Kier molecular flexibility index (Phi) is 5.67. The molecule has 0 fully saturated rings. The molecule has 2 aromatic carbocycles. The highest BCUT2D eigenvalue weighted by Crippen LogP contribution is 2.28. The smallest absolute Gasteiger partial charge is 0.406 e. The summed E-state index contributed by atoms with van der Waals surface area (Å²) in [5.41, 5.74) is 2.48. The number of ether oxygens (including phenoxy) is 1. The molecular weight excluding hydrogens is 419 g/mol. The first-order chi connectivity index (χ1) is 14.1. The zero-order valence-electron chi connectivity index (χ0n) is 15.4. The van der Waals surface area contributed by atoms with Crippen molar-refractivity contribution in [2.45, 2.75) is 18.2 Å². The van der Waals surface area contributed by atoms with Crippen LogP contribution in [0.25, 0.3) is 11.3 Å². The summed E-state index contributed by atoms with van der Waals surface area (Å²) in [4.78, 5) is 3.95. The molecule has 10 heteroatoms. The molecule has 3 aromatic rings. The summed E-state index contributed by atoms with van der Waals surface area (Å²) in [6.07, 6.45) is -3.46. The minimum atomic E-state index is -4.87. The number of rotatable bonds is 5. The monoisotopic (exact) mass is 433 g/mol. The van der Waals surface area contributed by atoms with Crippen molar-refractivity contribution in [1.29, 1.82) is 5.26 Å². The Morgan fingerprint density at radius 2 is 1.77 bits per heavy atom. The summed E-state index contributed by atoms with van der Waals surface area (Å²) in [6.45, 7) is 1.70. The topological polar surface area (TPSA) is 92.1 Å². The molecule has 0 aliphatic carbocycles. The molecule has 0 atom stereocenters. The summed E-state index contributed by atoms with van der Waals surface area (Å²) >= 11 is 0. The summed E-state index contributed by atoms with van der Waals surface area (Å²) in [7, 11) is -4.06. The lowest BCUT2D eigenvalue weighted by molar-refractivity contribution is -0.274. The third-order valence-corrected chi connectivity index (χ3v) is 5.42. The zero-order chi connectivity index (χ0) is 21.9. The number of halogens is 3. The average Bonchev–Trinajstić information content (AvgIpc) is 2.69. The molecule has 0 aliphatic heterocycles. The number of nitrogens with zero attached hydrogens (tertiary/aromatic N) is 2. The van der Waals surface area contributed by atoms with E-state index in [1.165, 1.54) is 6.20 Å². The van der Waals surface area contributed by atoms with E-state index in [0.29, 0.717) is 22.4 Å². The largest absolute Gasteiger partial charge is 0.573 e. The van der Waals surface area contributed by atoms with Gasteiger partial charge < -0.3 is 4.74 Å². The lowest BCUT2D eigenvalue weighted by Gasteiger charge is -2.13. The summed E-state index contributed by atoms with van der Waals surface area (Å²) in [5.74, 6) is -0.522. The number of hydrogen-bond acceptors (Lipinski definition) is 5. The molecule has 0 amide bonds. The molecule has 0 aliphatic rings. The number of nitrogens with one attached hydrogen (secondary N) is 1. The third-order valence-electron chi connectivity index (χ3n) is 4.04. The molecule has 6 nitrogen and oxygen atoms in total. The van der Waals surface area contributed by atoms with E-state index in [4.69, 9.17) is 5.26 Å². The number of benzene rings is 2. The van der Waals surface area contributed by atoms with Gasteiger partial charge in [-0.25, -0.2) is 8.42 Å². The molecule has 0 spiro atoms. The molecule has 1 N–H and O–H groups in total. The zero-order valence-corrected chi connectivity index (χ0v) is 16.3. The maximum Gasteiger partial charge on any atom is 0.573 e. The fraction of sp³-hybridized carbons (Fsp3) is 0.100. The van der Waals surface area contributed by atoms with Crippen LogP contribution in [0.2, 0.25) is 0 Å². The Bertz CT molecular complexity index is 1200. The Balaban J connectivity index is 1.86. The van der Waals surface area contributed by atoms with Crippen molar-refractivity contribution in [2.24, 2.45) is 0 Å². The highest BCUT2D eigenvalue weighted by atomic mass is 32.2. The second kappa shape index (κ2) is 8.04. The molecule has 30 heavy (non-hydrogen) atoms. The van der Waals surface area contributed by atoms with Crippen molar-refractivity contribution in [3.63, 3.8) is 0 Å². The average molecular weight is 433 g/mol. The van der Waals surface area contributed by atoms with Crippen LogP contribution in [-0.4, -0.2) is 19.8 Å². The molecule has 0 radical (unpaired) electrons. The maximum absolute atomic E-state index is 12.7. The minimum Gasteiger partial charge on any atom is -0.406 e. The summed E-state index contributed by atoms with van der Waals surface area (Å²) < 4.78 is 68.3. The van der Waals surface area contributed by atoms with Crippen LogP contribution in [0, 0.1) is 18.3 Å². The van der Waals surface area contributed by atoms with E-state index in [2.05, 4.69) is 14.4 Å². The number of anilines is 1. The molecule has 0 bridgehead atoms. The van der Waals surface area contributed by atoms with Crippen molar-refractivity contribution in [3.8, 4) is 23.1 Å². The number of alkyl halides is 3. The van der Waals surface area contributed by atoms with Crippen molar-refractivity contribution < 1.29 is 26.3 Å². The summed E-state index contributed by atoms with van der Waals surface area (Å²) in [5, 5.41) is 8.86. The molecule has 3 rings (SSSR count). The van der Waals surface area contributed by atoms with Crippen LogP contribution in [0.15, 0.2) is 65.7 Å². The van der Waals surface area contributed by atoms with E-state index in [1.807, 2.05) is 6.07 Å². The second-order valence-electron chi connectivity index (χ2n) is 6.20. The van der Waals surface area contributed by atoms with Gasteiger partial charge in [0.05, 0.1) is 21.8 Å². The highest BCUT2D eigenvalue weighted by molar-refractivity contribution is 7.92. The lowest BCUT2D eigenvalue weighted by atomic mass is 10.1. The first kappa shape index (κ1) is 21.1. The molecule has 0 saturated heterocycles. The molecule has 0 unspecified atom stereocenters. The van der Waals surface area contributed by atoms with Gasteiger partial charge in [0.15, 0.2) is 0 Å². The number of nitriles is 1. The van der Waals surface area contributed by atoms with E-state index in [0.717, 1.165) is 24.3 Å². The van der Waals surface area contributed by atoms with Gasteiger partial charge in [0.2, 0.25) is 0 Å². The van der Waals surface area contributed by atoms with Crippen LogP contribution in [-0.2, 0) is 10.0 Å². The Labute approximate surface area is 170 Å². The van der Waals surface area contributed by atoms with Crippen LogP contribution in [0.5, 0.6) is 5.75 Å². The first-order valence-corrected chi connectivity index (χ1v) is 9.91. The minimum absolute atomic E-state index is 0.224. The quantitative estimate of drug-likeness (QED) is 0.634. The molecule has 1 heterocycles. The number of sulfonamides is 1. The van der Waals surface area contributed by atoms with Crippen LogP contribution in [0.3, 0.4) is 0 Å². The fourth-order valence-corrected chi connectivity index (χ4v) is 3.67. The van der Waals surface area contributed by atoms with E-state index in [-0.39, 0.29) is 10.6 Å². The van der Waals surface area contributed by atoms with Gasteiger partial charge >= 0.3 is 6.36 Å². The van der Waals surface area contributed by atoms with Gasteiger partial charge in [-0.15, -0.1) is 13.2 Å². The van der Waals surface area contributed by atoms with Gasteiger partial charge in [0.1, 0.15) is 11.8 Å². The maximum atomic E-state index is 12.7. The molecule has 1 aromatic heterocycles. The van der Waals surface area contributed by atoms with Gasteiger partial charge in [0.25, 0.3) is 10.0 Å². The Hall–Kier alpha value is -3.58. The van der Waals surface area contributed by atoms with E-state index in [9.17, 15) is 21.6 Å². The van der Waals surface area contributed by atoms with E-state index in [1.54, 1.807) is 37.3 Å². The van der Waals surface area contributed by atoms with Gasteiger partial charge in [-0.05, 0) is 55.0 Å². The van der Waals surface area contributed by atoms with Crippen molar-refractivity contribution in [3.05, 3.63) is 71.9 Å². The van der Waals surface area contributed by atoms with Crippen LogP contribution >= 0.6 is 0 Å². The Morgan fingerprint density at radius 3 is 2.33 bits per heavy atom. The normalized spacial score (nSPS) is 11.6. The second-order valence-corrected chi connectivity index (χ2v) is 7.88. The Morgan fingerprint density at radius 1 is 1.07 bits per heavy atom. The third kappa shape index (κ3) is 5.07. The standard InChI is InChI=1S/C20H14F3N3O3S/c1-13-2-4-15(18-9-3-14(11-24)12-25-18)10-19(13)26-30(27,28)17-7-5-16(6-8-17)29-20(21,22)23/h2-10,12,26H,1H3. The molecule has 154 valence electrons. The summed E-state index contributed by atoms with van der Waals surface area (Å²) in [6, 6.07) is 14.1. The fourth-order valence-electron chi connectivity index (χ4n) is 2.55. The van der Waals surface area contributed by atoms with Gasteiger partial charge in [-0.1, -0.05) is 12.1 Å². The van der Waals surface area contributed by atoms with Crippen molar-refractivity contribution >= 4 is 15.7 Å². The predicted octanol–water partition coefficient (Wildman–Crippen LogP) is 4.63. The van der Waals surface area contributed by atoms with Crippen LogP contribution < -0.4 is 9.46 Å². The predicted molar refractivity (Wildman–Crippen MR) is 103 cm³/mol. The lowest BCUT2D eigenvalue weighted by Crippen LogP contribution is -2.17. The van der Waals surface area contributed by atoms with Crippen molar-refractivity contribution in [2.75, 3.05) is 4.72 Å². The van der Waals surface area contributed by atoms with Gasteiger partial charge in [-0.2, -0.15) is 5.26 Å². The van der Waals surface area contributed by atoms with Crippen molar-refractivity contribution in [1.82, 2.24) is 4.98 Å². The highest BCUT2D eigenvalue weighted by Gasteiger charge is 2.31. The number of aryl methyl sites for hydroxylation is 1. The first-order valence-electron chi connectivity index (χ1n) is 8.43. The van der Waals surface area contributed by atoms with Crippen LogP contribution in [0.1, 0.15) is 11.1 Å². The van der Waals surface area contributed by atoms with E-state index >= 15 is 0 Å². The number of aromatic nitrogens is 1. The van der Waals surface area contributed by atoms with Crippen LogP contribution in [0.4, 0.5) is 18.9 Å². The molecular formula is C20H14F3N3O3S.